The Morgan fingerprint density at radius 3 is 2.00 bits per heavy atom. The summed E-state index contributed by atoms with van der Waals surface area (Å²) in [5.41, 5.74) is -2.84. The van der Waals surface area contributed by atoms with Gasteiger partial charge in [0.25, 0.3) is 0 Å². The van der Waals surface area contributed by atoms with Gasteiger partial charge in [0.2, 0.25) is 11.6 Å². The molecule has 0 bridgehead atoms. The van der Waals surface area contributed by atoms with E-state index >= 15 is 0 Å². The predicted molar refractivity (Wildman–Crippen MR) is 72.2 cm³/mol. The number of ether oxygens (including phenoxy) is 1. The van der Waals surface area contributed by atoms with E-state index in [2.05, 4.69) is 20.7 Å². The highest BCUT2D eigenvalue weighted by Crippen LogP contribution is 2.40. The summed E-state index contributed by atoms with van der Waals surface area (Å²) in [6.07, 6.45) is -5.01. The molecule has 0 aliphatic carbocycles. The van der Waals surface area contributed by atoms with Crippen molar-refractivity contribution in [3.05, 3.63) is 61.9 Å². The zero-order valence-electron chi connectivity index (χ0n) is 11.1. The second-order valence-electron chi connectivity index (χ2n) is 4.36. The largest absolute Gasteiger partial charge is 0.444 e. The molecule has 0 unspecified atom stereocenters. The predicted octanol–water partition coefficient (Wildman–Crippen LogP) is 5.59. The maximum atomic E-state index is 13.7. The molecule has 0 saturated heterocycles. The van der Waals surface area contributed by atoms with Gasteiger partial charge < -0.3 is 4.74 Å². The number of rotatable bonds is 3. The highest BCUT2D eigenvalue weighted by molar-refractivity contribution is 9.10. The summed E-state index contributed by atoms with van der Waals surface area (Å²) in [6.45, 7) is 0. The number of hydrogen-bond donors (Lipinski definition) is 0. The third-order valence-corrected chi connectivity index (χ3v) is 3.17. The Balaban J connectivity index is 2.55. The summed E-state index contributed by atoms with van der Waals surface area (Å²) in [6, 6.07) is 1.47. The van der Waals surface area contributed by atoms with E-state index in [4.69, 9.17) is 0 Å². The smallest absolute Gasteiger partial charge is 0.416 e. The first-order chi connectivity index (χ1) is 11.0. The van der Waals surface area contributed by atoms with Crippen LogP contribution < -0.4 is 4.74 Å². The first-order valence-corrected chi connectivity index (χ1v) is 6.67. The van der Waals surface area contributed by atoms with E-state index in [9.17, 15) is 36.5 Å². The zero-order valence-corrected chi connectivity index (χ0v) is 12.7. The number of hydrogen-bond acceptors (Lipinski definition) is 3. The third-order valence-electron chi connectivity index (χ3n) is 2.71. The van der Waals surface area contributed by atoms with Crippen molar-refractivity contribution < 1.29 is 36.0 Å². The SMILES string of the molecule is O=[N+]([O-])c1c(F)cc(Br)cc1Oc1c(F)cc(C(F)(F)F)cc1F. The third kappa shape index (κ3) is 3.61. The number of nitrogens with zero attached hydrogens (tertiary/aromatic N) is 1. The van der Waals surface area contributed by atoms with Crippen LogP contribution >= 0.6 is 15.9 Å². The van der Waals surface area contributed by atoms with Crippen LogP contribution in [0.3, 0.4) is 0 Å². The lowest BCUT2D eigenvalue weighted by molar-refractivity contribution is -0.388. The Labute approximate surface area is 137 Å². The van der Waals surface area contributed by atoms with Gasteiger partial charge in [0, 0.05) is 10.5 Å². The molecule has 0 aliphatic rings. The van der Waals surface area contributed by atoms with Crippen molar-refractivity contribution in [3.63, 3.8) is 0 Å². The van der Waals surface area contributed by atoms with Crippen molar-refractivity contribution in [2.24, 2.45) is 0 Å². The maximum Gasteiger partial charge on any atom is 0.416 e. The molecule has 0 amide bonds. The highest BCUT2D eigenvalue weighted by atomic mass is 79.9. The van der Waals surface area contributed by atoms with Gasteiger partial charge in [-0.1, -0.05) is 15.9 Å². The van der Waals surface area contributed by atoms with Crippen molar-refractivity contribution in [3.8, 4) is 11.5 Å². The van der Waals surface area contributed by atoms with Crippen molar-refractivity contribution in [1.82, 2.24) is 0 Å². The summed E-state index contributed by atoms with van der Waals surface area (Å²) < 4.78 is 83.0. The summed E-state index contributed by atoms with van der Waals surface area (Å²) in [5.74, 6) is -7.08. The summed E-state index contributed by atoms with van der Waals surface area (Å²) in [7, 11) is 0. The Hall–Kier alpha value is -2.30. The van der Waals surface area contributed by atoms with Crippen LogP contribution in [-0.2, 0) is 6.18 Å². The zero-order chi connectivity index (χ0) is 18.2. The lowest BCUT2D eigenvalue weighted by atomic mass is 10.2. The second-order valence-corrected chi connectivity index (χ2v) is 5.28. The van der Waals surface area contributed by atoms with Crippen LogP contribution in [-0.4, -0.2) is 4.92 Å². The van der Waals surface area contributed by atoms with Crippen LogP contribution in [0.25, 0.3) is 0 Å². The quantitative estimate of drug-likeness (QED) is 0.373. The van der Waals surface area contributed by atoms with E-state index in [-0.39, 0.29) is 16.6 Å². The monoisotopic (exact) mass is 415 g/mol. The molecule has 0 saturated carbocycles. The molecule has 0 radical (unpaired) electrons. The normalized spacial score (nSPS) is 11.5. The molecule has 0 N–H and O–H groups in total. The molecular weight excluding hydrogens is 412 g/mol. The molecule has 0 spiro atoms. The van der Waals surface area contributed by atoms with Crippen molar-refractivity contribution in [1.29, 1.82) is 0 Å². The van der Waals surface area contributed by atoms with E-state index in [1.54, 1.807) is 0 Å². The molecule has 2 aromatic carbocycles. The van der Waals surface area contributed by atoms with Crippen LogP contribution in [0.4, 0.5) is 32.0 Å². The molecule has 0 heterocycles. The van der Waals surface area contributed by atoms with E-state index < -0.39 is 51.3 Å². The lowest BCUT2D eigenvalue weighted by Crippen LogP contribution is -2.07. The molecule has 0 atom stereocenters. The van der Waals surface area contributed by atoms with E-state index in [1.165, 1.54) is 0 Å². The van der Waals surface area contributed by atoms with Crippen molar-refractivity contribution in [2.75, 3.05) is 0 Å². The number of halogens is 7. The average Bonchev–Trinajstić information content (AvgIpc) is 2.40. The van der Waals surface area contributed by atoms with Gasteiger partial charge in [0.1, 0.15) is 0 Å². The standard InChI is InChI=1S/C13H4BrF6NO3/c14-6-3-7(15)11(21(22)23)10(4-6)24-12-8(16)1-5(2-9(12)17)13(18,19)20/h1-4H. The molecule has 2 aromatic rings. The van der Waals surface area contributed by atoms with Gasteiger partial charge in [-0.05, 0) is 18.2 Å². The van der Waals surface area contributed by atoms with Crippen LogP contribution in [0.1, 0.15) is 5.56 Å². The van der Waals surface area contributed by atoms with Gasteiger partial charge in [-0.3, -0.25) is 10.1 Å². The Bertz CT molecular complexity index is 801. The molecule has 11 heteroatoms. The van der Waals surface area contributed by atoms with Gasteiger partial charge in [0.15, 0.2) is 17.4 Å². The fraction of sp³-hybridized carbons (Fsp3) is 0.0769. The van der Waals surface area contributed by atoms with Gasteiger partial charge in [-0.2, -0.15) is 17.6 Å². The molecule has 2 rings (SSSR count). The number of nitro groups is 1. The Morgan fingerprint density at radius 1 is 1.00 bits per heavy atom. The fourth-order valence-electron chi connectivity index (χ4n) is 1.73. The Morgan fingerprint density at radius 2 is 1.54 bits per heavy atom. The van der Waals surface area contributed by atoms with Gasteiger partial charge >= 0.3 is 11.9 Å². The van der Waals surface area contributed by atoms with Crippen LogP contribution in [0.15, 0.2) is 28.7 Å². The summed E-state index contributed by atoms with van der Waals surface area (Å²) in [5, 5.41) is 10.8. The molecule has 24 heavy (non-hydrogen) atoms. The molecule has 128 valence electrons. The minimum Gasteiger partial charge on any atom is -0.444 e. The molecule has 0 fully saturated rings. The minimum absolute atomic E-state index is 0.0431. The fourth-order valence-corrected chi connectivity index (χ4v) is 2.14. The number of alkyl halides is 3. The summed E-state index contributed by atoms with van der Waals surface area (Å²) >= 11 is 2.81. The van der Waals surface area contributed by atoms with Gasteiger partial charge in [0.05, 0.1) is 10.5 Å². The molecule has 0 aromatic heterocycles. The van der Waals surface area contributed by atoms with Gasteiger partial charge in [-0.25, -0.2) is 8.78 Å². The molecule has 0 aliphatic heterocycles. The highest BCUT2D eigenvalue weighted by Gasteiger charge is 2.34. The van der Waals surface area contributed by atoms with E-state index in [1.807, 2.05) is 0 Å². The first kappa shape index (κ1) is 18.0. The molecule has 4 nitrogen and oxygen atoms in total. The average molecular weight is 416 g/mol. The van der Waals surface area contributed by atoms with Crippen LogP contribution in [0.5, 0.6) is 11.5 Å². The maximum absolute atomic E-state index is 13.7. The van der Waals surface area contributed by atoms with Crippen molar-refractivity contribution in [2.45, 2.75) is 6.18 Å². The Kier molecular flexibility index (Phi) is 4.74. The minimum atomic E-state index is -5.01. The number of benzene rings is 2. The van der Waals surface area contributed by atoms with E-state index in [0.29, 0.717) is 6.07 Å². The lowest BCUT2D eigenvalue weighted by Gasteiger charge is -2.12. The second kappa shape index (κ2) is 6.30. The first-order valence-electron chi connectivity index (χ1n) is 5.88. The van der Waals surface area contributed by atoms with Crippen molar-refractivity contribution >= 4 is 21.6 Å². The summed E-state index contributed by atoms with van der Waals surface area (Å²) in [4.78, 5) is 9.64. The van der Waals surface area contributed by atoms with Crippen LogP contribution in [0, 0.1) is 27.6 Å². The van der Waals surface area contributed by atoms with Crippen LogP contribution in [0.2, 0.25) is 0 Å². The molecular formula is C13H4BrF6NO3. The van der Waals surface area contributed by atoms with Gasteiger partial charge in [-0.15, -0.1) is 0 Å². The number of nitro benzene ring substituents is 1. The topological polar surface area (TPSA) is 52.4 Å². The van der Waals surface area contributed by atoms with E-state index in [0.717, 1.165) is 6.07 Å².